The third-order valence-corrected chi connectivity index (χ3v) is 4.68. The van der Waals surface area contributed by atoms with Crippen LogP contribution in [-0.2, 0) is 13.0 Å². The van der Waals surface area contributed by atoms with Gasteiger partial charge in [-0.2, -0.15) is 0 Å². The summed E-state index contributed by atoms with van der Waals surface area (Å²) in [5.41, 5.74) is 5.55. The molecule has 3 aromatic rings. The van der Waals surface area contributed by atoms with Gasteiger partial charge in [-0.15, -0.1) is 0 Å². The Hall–Kier alpha value is -1.61. The largest absolute Gasteiger partial charge is 0.312 e. The monoisotopic (exact) mass is 328 g/mol. The first kappa shape index (κ1) is 14.0. The van der Waals surface area contributed by atoms with Crippen LogP contribution in [0.5, 0.6) is 0 Å². The highest BCUT2D eigenvalue weighted by atomic mass is 35.5. The summed E-state index contributed by atoms with van der Waals surface area (Å²) in [5.74, 6) is 0. The van der Waals surface area contributed by atoms with Gasteiger partial charge in [0.2, 0.25) is 0 Å². The quantitative estimate of drug-likeness (QED) is 0.690. The van der Waals surface area contributed by atoms with Crippen molar-refractivity contribution in [1.29, 1.82) is 0 Å². The molecule has 0 atom stereocenters. The van der Waals surface area contributed by atoms with Crippen molar-refractivity contribution in [3.05, 3.63) is 63.8 Å². The van der Waals surface area contributed by atoms with Crippen LogP contribution in [0.15, 0.2) is 42.5 Å². The Morgan fingerprint density at radius 2 is 1.91 bits per heavy atom. The zero-order valence-electron chi connectivity index (χ0n) is 11.9. The van der Waals surface area contributed by atoms with E-state index in [-0.39, 0.29) is 0 Å². The van der Waals surface area contributed by atoms with Crippen LogP contribution in [0.2, 0.25) is 10.0 Å². The molecular weight excluding hydrogens is 315 g/mol. The maximum absolute atomic E-state index is 6.47. The minimum atomic E-state index is 0.714. The highest BCUT2D eigenvalue weighted by molar-refractivity contribution is 6.34. The van der Waals surface area contributed by atoms with E-state index in [1.807, 2.05) is 36.4 Å². The van der Waals surface area contributed by atoms with Crippen LogP contribution in [0.4, 0.5) is 0 Å². The second kappa shape index (κ2) is 5.54. The molecule has 0 amide bonds. The fourth-order valence-electron chi connectivity index (χ4n) is 3.11. The molecule has 110 valence electrons. The summed E-state index contributed by atoms with van der Waals surface area (Å²) in [5, 5.41) is 5.96. The van der Waals surface area contributed by atoms with Crippen LogP contribution in [0.3, 0.4) is 0 Å². The predicted octanol–water partition coefficient (Wildman–Crippen LogP) is 4.85. The molecule has 0 aliphatic carbocycles. The number of benzene rings is 2. The molecule has 4 heteroatoms. The molecule has 2 nitrogen and oxygen atoms in total. The van der Waals surface area contributed by atoms with Crippen molar-refractivity contribution in [3.8, 4) is 11.1 Å². The zero-order chi connectivity index (χ0) is 15.1. The van der Waals surface area contributed by atoms with Gasteiger partial charge in [0.25, 0.3) is 0 Å². The fraction of sp³-hybridized carbons (Fsp3) is 0.167. The first-order valence-corrected chi connectivity index (χ1v) is 8.06. The number of hydrogen-bond donors (Lipinski definition) is 1. The van der Waals surface area contributed by atoms with E-state index in [2.05, 4.69) is 11.4 Å². The predicted molar refractivity (Wildman–Crippen MR) is 92.6 cm³/mol. The molecular formula is C18H14Cl2N2. The number of nitrogens with zero attached hydrogens (tertiary/aromatic N) is 1. The molecule has 0 unspecified atom stereocenters. The van der Waals surface area contributed by atoms with Crippen molar-refractivity contribution in [1.82, 2.24) is 10.3 Å². The summed E-state index contributed by atoms with van der Waals surface area (Å²) in [6, 6.07) is 13.8. The summed E-state index contributed by atoms with van der Waals surface area (Å²) in [6.07, 6.45) is 0.936. The molecule has 0 spiro atoms. The van der Waals surface area contributed by atoms with Gasteiger partial charge in [-0.1, -0.05) is 41.4 Å². The number of nitrogens with one attached hydrogen (secondary N) is 1. The summed E-state index contributed by atoms with van der Waals surface area (Å²) in [4.78, 5) is 4.83. The molecule has 0 radical (unpaired) electrons. The van der Waals surface area contributed by atoms with Gasteiger partial charge in [0, 0.05) is 46.2 Å². The number of pyridine rings is 1. The molecule has 0 saturated carbocycles. The second-order valence-corrected chi connectivity index (χ2v) is 6.32. The van der Waals surface area contributed by atoms with Crippen LogP contribution in [-0.4, -0.2) is 11.5 Å². The summed E-state index contributed by atoms with van der Waals surface area (Å²) < 4.78 is 0. The van der Waals surface area contributed by atoms with E-state index >= 15 is 0 Å². The lowest BCUT2D eigenvalue weighted by atomic mass is 9.92. The Morgan fingerprint density at radius 3 is 2.77 bits per heavy atom. The first-order valence-electron chi connectivity index (χ1n) is 7.30. The molecule has 2 heterocycles. The first-order chi connectivity index (χ1) is 10.7. The molecule has 0 bridgehead atoms. The van der Waals surface area contributed by atoms with Crippen LogP contribution in [0, 0.1) is 0 Å². The smallest absolute Gasteiger partial charge is 0.0712 e. The van der Waals surface area contributed by atoms with Gasteiger partial charge in [-0.25, -0.2) is 0 Å². The summed E-state index contributed by atoms with van der Waals surface area (Å²) in [7, 11) is 0. The maximum atomic E-state index is 6.47. The van der Waals surface area contributed by atoms with Gasteiger partial charge in [-0.3, -0.25) is 4.98 Å². The summed E-state index contributed by atoms with van der Waals surface area (Å²) in [6.45, 7) is 1.77. The van der Waals surface area contributed by atoms with Crippen molar-refractivity contribution in [2.75, 3.05) is 6.54 Å². The normalized spacial score (nSPS) is 14.1. The Balaban J connectivity index is 2.14. The number of aromatic nitrogens is 1. The third-order valence-electron chi connectivity index (χ3n) is 4.12. The number of rotatable bonds is 1. The lowest BCUT2D eigenvalue weighted by Gasteiger charge is -2.22. The number of halogens is 2. The lowest BCUT2D eigenvalue weighted by Crippen LogP contribution is -2.25. The topological polar surface area (TPSA) is 24.9 Å². The molecule has 2 aromatic carbocycles. The minimum Gasteiger partial charge on any atom is -0.312 e. The van der Waals surface area contributed by atoms with Crippen molar-refractivity contribution < 1.29 is 0 Å². The van der Waals surface area contributed by atoms with Gasteiger partial charge in [0.1, 0.15) is 0 Å². The highest BCUT2D eigenvalue weighted by Gasteiger charge is 2.20. The van der Waals surface area contributed by atoms with E-state index < -0.39 is 0 Å². The van der Waals surface area contributed by atoms with Gasteiger partial charge in [0.05, 0.1) is 5.52 Å². The number of hydrogen-bond acceptors (Lipinski definition) is 2. The standard InChI is InChI=1S/C18H14Cl2N2/c19-11-5-6-16-13(9-11)18(12-3-1-2-4-15(12)20)14-10-21-8-7-17(14)22-16/h1-6,9,21H,7-8,10H2. The lowest BCUT2D eigenvalue weighted by molar-refractivity contribution is 0.634. The van der Waals surface area contributed by atoms with E-state index in [1.54, 1.807) is 0 Å². The Kier molecular flexibility index (Phi) is 3.53. The van der Waals surface area contributed by atoms with Crippen LogP contribution >= 0.6 is 23.2 Å². The van der Waals surface area contributed by atoms with Crippen molar-refractivity contribution >= 4 is 34.1 Å². The molecule has 1 aliphatic rings. The average Bonchev–Trinajstić information content (AvgIpc) is 2.54. The minimum absolute atomic E-state index is 0.714. The van der Waals surface area contributed by atoms with Crippen LogP contribution in [0.25, 0.3) is 22.0 Å². The van der Waals surface area contributed by atoms with E-state index in [0.717, 1.165) is 52.3 Å². The van der Waals surface area contributed by atoms with Gasteiger partial charge >= 0.3 is 0 Å². The van der Waals surface area contributed by atoms with Crippen LogP contribution < -0.4 is 5.32 Å². The average molecular weight is 329 g/mol. The molecule has 1 aliphatic heterocycles. The van der Waals surface area contributed by atoms with Crippen molar-refractivity contribution in [3.63, 3.8) is 0 Å². The molecule has 1 N–H and O–H groups in total. The zero-order valence-corrected chi connectivity index (χ0v) is 13.4. The highest BCUT2D eigenvalue weighted by Crippen LogP contribution is 2.38. The molecule has 1 aromatic heterocycles. The second-order valence-electron chi connectivity index (χ2n) is 5.48. The maximum Gasteiger partial charge on any atom is 0.0712 e. The van der Waals surface area contributed by atoms with E-state index in [4.69, 9.17) is 28.2 Å². The van der Waals surface area contributed by atoms with E-state index in [1.165, 1.54) is 5.56 Å². The Morgan fingerprint density at radius 1 is 1.05 bits per heavy atom. The SMILES string of the molecule is Clc1ccc2nc3c(c(-c4ccccc4Cl)c2c1)CNCC3. The Bertz CT molecular complexity index is 874. The molecule has 0 fully saturated rings. The summed E-state index contributed by atoms with van der Waals surface area (Å²) >= 11 is 12.7. The third kappa shape index (κ3) is 2.28. The molecule has 0 saturated heterocycles. The van der Waals surface area contributed by atoms with Gasteiger partial charge in [0.15, 0.2) is 0 Å². The van der Waals surface area contributed by atoms with Crippen molar-refractivity contribution in [2.24, 2.45) is 0 Å². The molecule has 4 rings (SSSR count). The van der Waals surface area contributed by atoms with Gasteiger partial charge < -0.3 is 5.32 Å². The number of fused-ring (bicyclic) bond motifs is 2. The van der Waals surface area contributed by atoms with E-state index in [0.29, 0.717) is 5.02 Å². The molecule has 22 heavy (non-hydrogen) atoms. The van der Waals surface area contributed by atoms with Crippen LogP contribution in [0.1, 0.15) is 11.3 Å². The van der Waals surface area contributed by atoms with E-state index in [9.17, 15) is 0 Å². The fourth-order valence-corrected chi connectivity index (χ4v) is 3.52. The Labute approximate surface area is 139 Å². The van der Waals surface area contributed by atoms with Gasteiger partial charge in [-0.05, 0) is 35.4 Å². The van der Waals surface area contributed by atoms with Crippen molar-refractivity contribution in [2.45, 2.75) is 13.0 Å².